The van der Waals surface area contributed by atoms with Crippen molar-refractivity contribution in [1.29, 1.82) is 0 Å². The van der Waals surface area contributed by atoms with Crippen molar-refractivity contribution >= 4 is 11.9 Å². The molecule has 2 rings (SSSR count). The molecular formula is C16H25N3O2. The number of anilines is 1. The van der Waals surface area contributed by atoms with Crippen LogP contribution in [0.1, 0.15) is 56.8 Å². The standard InChI is InChI=1S/C16H25N3O2/c1-11(2)14-9-12(3)17-16(18-14)19-8-4-5-13(10-19)6-7-15(20)21/h9,11,13H,4-8,10H2,1-3H3,(H,20,21). The van der Waals surface area contributed by atoms with E-state index in [1.54, 1.807) is 0 Å². The van der Waals surface area contributed by atoms with Gasteiger partial charge in [-0.3, -0.25) is 4.79 Å². The molecule has 1 aromatic heterocycles. The summed E-state index contributed by atoms with van der Waals surface area (Å²) in [6, 6.07) is 2.04. The van der Waals surface area contributed by atoms with Crippen LogP contribution in [-0.2, 0) is 4.79 Å². The third kappa shape index (κ3) is 4.41. The fourth-order valence-corrected chi connectivity index (χ4v) is 2.82. The fraction of sp³-hybridized carbons (Fsp3) is 0.688. The molecule has 5 nitrogen and oxygen atoms in total. The number of piperidine rings is 1. The van der Waals surface area contributed by atoms with Crippen molar-refractivity contribution in [2.24, 2.45) is 5.92 Å². The molecule has 1 aliphatic heterocycles. The SMILES string of the molecule is Cc1cc(C(C)C)nc(N2CCCC(CCC(=O)O)C2)n1. The zero-order valence-electron chi connectivity index (χ0n) is 13.2. The Morgan fingerprint density at radius 1 is 1.48 bits per heavy atom. The number of carboxylic acids is 1. The third-order valence-corrected chi connectivity index (χ3v) is 4.02. The Balaban J connectivity index is 2.08. The van der Waals surface area contributed by atoms with Crippen LogP contribution in [0.5, 0.6) is 0 Å². The summed E-state index contributed by atoms with van der Waals surface area (Å²) < 4.78 is 0. The molecule has 0 radical (unpaired) electrons. The minimum absolute atomic E-state index is 0.254. The number of nitrogens with zero attached hydrogens (tertiary/aromatic N) is 3. The van der Waals surface area contributed by atoms with Crippen LogP contribution in [0.3, 0.4) is 0 Å². The zero-order chi connectivity index (χ0) is 15.4. The van der Waals surface area contributed by atoms with Crippen molar-refractivity contribution in [3.05, 3.63) is 17.5 Å². The van der Waals surface area contributed by atoms with Gasteiger partial charge in [0.2, 0.25) is 5.95 Å². The molecule has 0 spiro atoms. The number of aromatic nitrogens is 2. The Morgan fingerprint density at radius 3 is 2.90 bits per heavy atom. The molecule has 1 atom stereocenters. The summed E-state index contributed by atoms with van der Waals surface area (Å²) in [5.74, 6) is 0.916. The van der Waals surface area contributed by atoms with E-state index in [4.69, 9.17) is 5.11 Å². The first kappa shape index (κ1) is 15.7. The van der Waals surface area contributed by atoms with Crippen molar-refractivity contribution in [1.82, 2.24) is 9.97 Å². The molecule has 21 heavy (non-hydrogen) atoms. The number of hydrogen-bond acceptors (Lipinski definition) is 4. The van der Waals surface area contributed by atoms with Gasteiger partial charge in [-0.15, -0.1) is 0 Å². The third-order valence-electron chi connectivity index (χ3n) is 4.02. The van der Waals surface area contributed by atoms with Crippen molar-refractivity contribution in [2.45, 2.75) is 52.4 Å². The predicted molar refractivity (Wildman–Crippen MR) is 82.7 cm³/mol. The van der Waals surface area contributed by atoms with Gasteiger partial charge in [0.05, 0.1) is 0 Å². The second-order valence-electron chi connectivity index (χ2n) is 6.28. The van der Waals surface area contributed by atoms with Gasteiger partial charge in [-0.1, -0.05) is 13.8 Å². The highest BCUT2D eigenvalue weighted by Gasteiger charge is 2.23. The molecule has 116 valence electrons. The van der Waals surface area contributed by atoms with Gasteiger partial charge < -0.3 is 10.0 Å². The molecule has 1 N–H and O–H groups in total. The quantitative estimate of drug-likeness (QED) is 0.903. The van der Waals surface area contributed by atoms with Crippen LogP contribution in [0.4, 0.5) is 5.95 Å². The van der Waals surface area contributed by atoms with Crippen LogP contribution < -0.4 is 4.90 Å². The number of rotatable bonds is 5. The Hall–Kier alpha value is -1.65. The highest BCUT2D eigenvalue weighted by atomic mass is 16.4. The largest absolute Gasteiger partial charge is 0.481 e. The van der Waals surface area contributed by atoms with Crippen molar-refractivity contribution in [3.8, 4) is 0 Å². The van der Waals surface area contributed by atoms with Crippen LogP contribution in [0.25, 0.3) is 0 Å². The number of aryl methyl sites for hydroxylation is 1. The Bertz CT molecular complexity index is 502. The highest BCUT2D eigenvalue weighted by molar-refractivity contribution is 5.66. The van der Waals surface area contributed by atoms with Gasteiger partial charge in [0.25, 0.3) is 0 Å². The maximum atomic E-state index is 10.7. The lowest BCUT2D eigenvalue weighted by Gasteiger charge is -2.33. The molecule has 1 aromatic rings. The van der Waals surface area contributed by atoms with E-state index in [1.807, 2.05) is 13.0 Å². The van der Waals surface area contributed by atoms with Gasteiger partial charge >= 0.3 is 5.97 Å². The van der Waals surface area contributed by atoms with Crippen molar-refractivity contribution < 1.29 is 9.90 Å². The lowest BCUT2D eigenvalue weighted by molar-refractivity contribution is -0.137. The Labute approximate surface area is 126 Å². The van der Waals surface area contributed by atoms with Crippen LogP contribution in [0.15, 0.2) is 6.07 Å². The minimum Gasteiger partial charge on any atom is -0.481 e. The smallest absolute Gasteiger partial charge is 0.303 e. The van der Waals surface area contributed by atoms with Gasteiger partial charge in [0, 0.05) is 30.9 Å². The molecular weight excluding hydrogens is 266 g/mol. The second-order valence-corrected chi connectivity index (χ2v) is 6.28. The summed E-state index contributed by atoms with van der Waals surface area (Å²) in [5.41, 5.74) is 2.07. The molecule has 5 heteroatoms. The minimum atomic E-state index is -0.707. The normalized spacial score (nSPS) is 19.0. The van der Waals surface area contributed by atoms with Gasteiger partial charge in [-0.2, -0.15) is 0 Å². The number of hydrogen-bond donors (Lipinski definition) is 1. The van der Waals surface area contributed by atoms with Crippen LogP contribution in [0, 0.1) is 12.8 Å². The molecule has 0 bridgehead atoms. The van der Waals surface area contributed by atoms with Crippen LogP contribution in [-0.4, -0.2) is 34.1 Å². The molecule has 1 saturated heterocycles. The zero-order valence-corrected chi connectivity index (χ0v) is 13.2. The molecule has 0 saturated carbocycles. The van der Waals surface area contributed by atoms with E-state index in [2.05, 4.69) is 28.7 Å². The van der Waals surface area contributed by atoms with E-state index in [0.29, 0.717) is 11.8 Å². The Morgan fingerprint density at radius 2 is 2.24 bits per heavy atom. The average molecular weight is 291 g/mol. The maximum Gasteiger partial charge on any atom is 0.303 e. The summed E-state index contributed by atoms with van der Waals surface area (Å²) in [4.78, 5) is 22.2. The lowest BCUT2D eigenvalue weighted by atomic mass is 9.93. The molecule has 0 aromatic carbocycles. The van der Waals surface area contributed by atoms with E-state index >= 15 is 0 Å². The van der Waals surface area contributed by atoms with Gasteiger partial charge in [-0.25, -0.2) is 9.97 Å². The molecule has 0 aliphatic carbocycles. The predicted octanol–water partition coefficient (Wildman–Crippen LogP) is 2.99. The highest BCUT2D eigenvalue weighted by Crippen LogP contribution is 2.25. The summed E-state index contributed by atoms with van der Waals surface area (Å²) in [6.45, 7) is 8.11. The van der Waals surface area contributed by atoms with Gasteiger partial charge in [0.15, 0.2) is 0 Å². The van der Waals surface area contributed by atoms with E-state index in [0.717, 1.165) is 49.7 Å². The maximum absolute atomic E-state index is 10.7. The lowest BCUT2D eigenvalue weighted by Crippen LogP contribution is -2.37. The molecule has 0 amide bonds. The first-order valence-electron chi connectivity index (χ1n) is 7.78. The first-order valence-corrected chi connectivity index (χ1v) is 7.78. The Kier molecular flexibility index (Phi) is 5.15. The average Bonchev–Trinajstić information content (AvgIpc) is 2.44. The van der Waals surface area contributed by atoms with Crippen molar-refractivity contribution in [2.75, 3.05) is 18.0 Å². The number of aliphatic carboxylic acids is 1. The number of carbonyl (C=O) groups is 1. The van der Waals surface area contributed by atoms with Crippen LogP contribution >= 0.6 is 0 Å². The summed E-state index contributed by atoms with van der Waals surface area (Å²) in [6.07, 6.45) is 3.18. The molecule has 2 heterocycles. The monoisotopic (exact) mass is 291 g/mol. The van der Waals surface area contributed by atoms with Gasteiger partial charge in [0.1, 0.15) is 0 Å². The number of carboxylic acid groups (broad SMARTS) is 1. The fourth-order valence-electron chi connectivity index (χ4n) is 2.82. The first-order chi connectivity index (χ1) is 9.95. The summed E-state index contributed by atoms with van der Waals surface area (Å²) in [7, 11) is 0. The van der Waals surface area contributed by atoms with E-state index in [9.17, 15) is 4.79 Å². The molecule has 1 aliphatic rings. The molecule has 1 fully saturated rings. The van der Waals surface area contributed by atoms with E-state index in [1.165, 1.54) is 0 Å². The second kappa shape index (κ2) is 6.87. The van der Waals surface area contributed by atoms with Crippen LogP contribution in [0.2, 0.25) is 0 Å². The molecule has 1 unspecified atom stereocenters. The van der Waals surface area contributed by atoms with Gasteiger partial charge in [-0.05, 0) is 44.1 Å². The van der Waals surface area contributed by atoms with E-state index < -0.39 is 5.97 Å². The van der Waals surface area contributed by atoms with E-state index in [-0.39, 0.29) is 6.42 Å². The van der Waals surface area contributed by atoms with Crippen molar-refractivity contribution in [3.63, 3.8) is 0 Å². The summed E-state index contributed by atoms with van der Waals surface area (Å²) in [5, 5.41) is 8.82. The summed E-state index contributed by atoms with van der Waals surface area (Å²) >= 11 is 0. The topological polar surface area (TPSA) is 66.3 Å².